The molecule has 2 N–H and O–H groups in total. The summed E-state index contributed by atoms with van der Waals surface area (Å²) in [6, 6.07) is 3.78. The fourth-order valence-corrected chi connectivity index (χ4v) is 2.39. The van der Waals surface area contributed by atoms with Crippen LogP contribution in [0.25, 0.3) is 0 Å². The minimum absolute atomic E-state index is 0.171. The number of morpholine rings is 1. The van der Waals surface area contributed by atoms with Crippen molar-refractivity contribution >= 4 is 29.3 Å². The van der Waals surface area contributed by atoms with Gasteiger partial charge in [0.25, 0.3) is 0 Å². The lowest BCUT2D eigenvalue weighted by Gasteiger charge is -2.34. The third-order valence-corrected chi connectivity index (χ3v) is 3.64. The summed E-state index contributed by atoms with van der Waals surface area (Å²) in [5.74, 6) is -0.545. The van der Waals surface area contributed by atoms with Gasteiger partial charge in [0.15, 0.2) is 0 Å². The lowest BCUT2D eigenvalue weighted by molar-refractivity contribution is -0.00485. The van der Waals surface area contributed by atoms with Crippen LogP contribution in [0.15, 0.2) is 18.2 Å². The van der Waals surface area contributed by atoms with E-state index in [1.165, 1.54) is 24.1 Å². The first kappa shape index (κ1) is 16.5. The first-order valence-electron chi connectivity index (χ1n) is 6.71. The Morgan fingerprint density at radius 3 is 2.95 bits per heavy atom. The number of nitrogens with zero attached hydrogens (tertiary/aromatic N) is 1. The molecule has 0 aliphatic carbocycles. The number of nitrogens with one attached hydrogen (secondary N) is 1. The number of carbonyl (C=O) groups is 2. The van der Waals surface area contributed by atoms with Crippen molar-refractivity contribution in [2.45, 2.75) is 6.04 Å². The third kappa shape index (κ3) is 3.68. The molecule has 1 fully saturated rings. The summed E-state index contributed by atoms with van der Waals surface area (Å²) in [6.07, 6.45) is 0. The normalized spacial score (nSPS) is 18.0. The molecule has 7 nitrogen and oxygen atoms in total. The van der Waals surface area contributed by atoms with Crippen molar-refractivity contribution in [2.24, 2.45) is 0 Å². The molecule has 0 unspecified atom stereocenters. The van der Waals surface area contributed by atoms with Crippen molar-refractivity contribution in [2.75, 3.05) is 38.8 Å². The van der Waals surface area contributed by atoms with Crippen LogP contribution in [0.2, 0.25) is 5.02 Å². The third-order valence-electron chi connectivity index (χ3n) is 3.32. The van der Waals surface area contributed by atoms with Crippen LogP contribution in [0.1, 0.15) is 10.4 Å². The number of anilines is 1. The van der Waals surface area contributed by atoms with Crippen molar-refractivity contribution in [1.82, 2.24) is 4.90 Å². The van der Waals surface area contributed by atoms with Crippen LogP contribution in [-0.4, -0.2) is 61.5 Å². The predicted molar refractivity (Wildman–Crippen MR) is 80.2 cm³/mol. The molecule has 1 aromatic carbocycles. The maximum atomic E-state index is 12.2. The number of methoxy groups -OCH3 is 1. The lowest BCUT2D eigenvalue weighted by Crippen LogP contribution is -2.52. The zero-order valence-electron chi connectivity index (χ0n) is 12.0. The van der Waals surface area contributed by atoms with E-state index in [4.69, 9.17) is 16.3 Å². The summed E-state index contributed by atoms with van der Waals surface area (Å²) in [7, 11) is 1.27. The highest BCUT2D eigenvalue weighted by Gasteiger charge is 2.26. The van der Waals surface area contributed by atoms with Crippen LogP contribution >= 0.6 is 11.6 Å². The van der Waals surface area contributed by atoms with Gasteiger partial charge in [0.05, 0.1) is 43.6 Å². The quantitative estimate of drug-likeness (QED) is 0.818. The fourth-order valence-electron chi connectivity index (χ4n) is 2.14. The van der Waals surface area contributed by atoms with E-state index in [2.05, 4.69) is 10.1 Å². The number of rotatable bonds is 3. The molecule has 0 radical (unpaired) electrons. The molecule has 1 aliphatic heterocycles. The van der Waals surface area contributed by atoms with Crippen molar-refractivity contribution in [3.63, 3.8) is 0 Å². The molecule has 1 aliphatic rings. The number of carbonyl (C=O) groups excluding carboxylic acids is 2. The second kappa shape index (κ2) is 7.44. The van der Waals surface area contributed by atoms with Gasteiger partial charge in [0.1, 0.15) is 0 Å². The molecule has 1 saturated heterocycles. The standard InChI is InChI=1S/C14H17ClN2O5/c1-21-13(19)11-3-2-9(6-12(11)15)16-14(20)17-4-5-22-8-10(17)7-18/h2-3,6,10,18H,4-5,7-8H2,1H3,(H,16,20)/t10-/m0/s1. The smallest absolute Gasteiger partial charge is 0.339 e. The summed E-state index contributed by atoms with van der Waals surface area (Å²) < 4.78 is 9.82. The second-order valence-electron chi connectivity index (χ2n) is 4.72. The molecule has 0 bridgehead atoms. The highest BCUT2D eigenvalue weighted by atomic mass is 35.5. The maximum Gasteiger partial charge on any atom is 0.339 e. The number of aliphatic hydroxyl groups is 1. The number of hydrogen-bond donors (Lipinski definition) is 2. The lowest BCUT2D eigenvalue weighted by atomic mass is 10.2. The average molecular weight is 329 g/mol. The highest BCUT2D eigenvalue weighted by Crippen LogP contribution is 2.22. The number of ether oxygens (including phenoxy) is 2. The van der Waals surface area contributed by atoms with Gasteiger partial charge in [0.2, 0.25) is 0 Å². The summed E-state index contributed by atoms with van der Waals surface area (Å²) in [4.78, 5) is 25.2. The van der Waals surface area contributed by atoms with Gasteiger partial charge in [-0.1, -0.05) is 11.6 Å². The largest absolute Gasteiger partial charge is 0.465 e. The maximum absolute atomic E-state index is 12.2. The van der Waals surface area contributed by atoms with Gasteiger partial charge in [-0.3, -0.25) is 0 Å². The van der Waals surface area contributed by atoms with E-state index in [-0.39, 0.29) is 29.3 Å². The second-order valence-corrected chi connectivity index (χ2v) is 5.13. The topological polar surface area (TPSA) is 88.1 Å². The van der Waals surface area contributed by atoms with Crippen LogP contribution < -0.4 is 5.32 Å². The van der Waals surface area contributed by atoms with E-state index in [0.717, 1.165) is 0 Å². The van der Waals surface area contributed by atoms with Crippen LogP contribution in [0.5, 0.6) is 0 Å². The minimum Gasteiger partial charge on any atom is -0.465 e. The van der Waals surface area contributed by atoms with Crippen molar-refractivity contribution < 1.29 is 24.2 Å². The van der Waals surface area contributed by atoms with Crippen molar-refractivity contribution in [3.8, 4) is 0 Å². The van der Waals surface area contributed by atoms with Crippen molar-refractivity contribution in [3.05, 3.63) is 28.8 Å². The Kier molecular flexibility index (Phi) is 5.59. The molecule has 0 aromatic heterocycles. The number of benzene rings is 1. The molecule has 1 atom stereocenters. The molecule has 1 heterocycles. The monoisotopic (exact) mass is 328 g/mol. The molecule has 1 aromatic rings. The van der Waals surface area contributed by atoms with Gasteiger partial charge in [-0.05, 0) is 18.2 Å². The average Bonchev–Trinajstić information content (AvgIpc) is 2.54. The summed E-state index contributed by atoms with van der Waals surface area (Å²) in [5.41, 5.74) is 0.674. The Bertz CT molecular complexity index is 566. The zero-order chi connectivity index (χ0) is 16.1. The Morgan fingerprint density at radius 1 is 1.55 bits per heavy atom. The highest BCUT2D eigenvalue weighted by molar-refractivity contribution is 6.33. The Balaban J connectivity index is 2.08. The van der Waals surface area contributed by atoms with Gasteiger partial charge in [-0.25, -0.2) is 9.59 Å². The number of aliphatic hydroxyl groups excluding tert-OH is 1. The van der Waals surface area contributed by atoms with Gasteiger partial charge in [-0.2, -0.15) is 0 Å². The number of amides is 2. The molecule has 0 spiro atoms. The molecule has 8 heteroatoms. The number of urea groups is 1. The van der Waals surface area contributed by atoms with Crippen LogP contribution in [0.4, 0.5) is 10.5 Å². The molecule has 120 valence electrons. The molecule has 2 amide bonds. The first-order chi connectivity index (χ1) is 10.6. The van der Waals surface area contributed by atoms with Gasteiger partial charge < -0.3 is 24.8 Å². The van der Waals surface area contributed by atoms with Crippen LogP contribution in [0, 0.1) is 0 Å². The van der Waals surface area contributed by atoms with Gasteiger partial charge in [0, 0.05) is 12.2 Å². The molecule has 22 heavy (non-hydrogen) atoms. The van der Waals surface area contributed by atoms with Crippen LogP contribution in [0.3, 0.4) is 0 Å². The summed E-state index contributed by atoms with van der Waals surface area (Å²) >= 11 is 6.00. The first-order valence-corrected chi connectivity index (χ1v) is 7.08. The molecule has 2 rings (SSSR count). The number of hydrogen-bond acceptors (Lipinski definition) is 5. The fraction of sp³-hybridized carbons (Fsp3) is 0.429. The van der Waals surface area contributed by atoms with E-state index in [1.807, 2.05) is 0 Å². The van der Waals surface area contributed by atoms with Gasteiger partial charge >= 0.3 is 12.0 Å². The van der Waals surface area contributed by atoms with E-state index >= 15 is 0 Å². The SMILES string of the molecule is COC(=O)c1ccc(NC(=O)N2CCOC[C@@H]2CO)cc1Cl. The minimum atomic E-state index is -0.545. The van der Waals surface area contributed by atoms with E-state index < -0.39 is 5.97 Å². The van der Waals surface area contributed by atoms with E-state index in [0.29, 0.717) is 25.4 Å². The van der Waals surface area contributed by atoms with E-state index in [1.54, 1.807) is 6.07 Å². The molecular weight excluding hydrogens is 312 g/mol. The molecule has 0 saturated carbocycles. The van der Waals surface area contributed by atoms with Crippen LogP contribution in [-0.2, 0) is 9.47 Å². The Hall–Kier alpha value is -1.83. The summed E-state index contributed by atoms with van der Waals surface area (Å²) in [5, 5.41) is 12.1. The summed E-state index contributed by atoms with van der Waals surface area (Å²) in [6.45, 7) is 0.943. The predicted octanol–water partition coefficient (Wildman–Crippen LogP) is 1.35. The van der Waals surface area contributed by atoms with Crippen molar-refractivity contribution in [1.29, 1.82) is 0 Å². The zero-order valence-corrected chi connectivity index (χ0v) is 12.8. The van der Waals surface area contributed by atoms with E-state index in [9.17, 15) is 14.7 Å². The Morgan fingerprint density at radius 2 is 2.32 bits per heavy atom. The molecular formula is C14H17ClN2O5. The Labute approximate surface area is 132 Å². The number of halogens is 1. The number of esters is 1. The van der Waals surface area contributed by atoms with Gasteiger partial charge in [-0.15, -0.1) is 0 Å².